The Balaban J connectivity index is 2.22. The third-order valence-electron chi connectivity index (χ3n) is 2.06. The third kappa shape index (κ3) is 1.22. The van der Waals surface area contributed by atoms with Crippen molar-refractivity contribution in [3.63, 3.8) is 0 Å². The van der Waals surface area contributed by atoms with Crippen molar-refractivity contribution >= 4 is 17.0 Å². The summed E-state index contributed by atoms with van der Waals surface area (Å²) in [5.74, 6) is 1.55. The van der Waals surface area contributed by atoms with E-state index in [2.05, 4.69) is 19.9 Å². The Bertz CT molecular complexity index is 657. The molecule has 3 aromatic rings. The largest absolute Gasteiger partial charge is 0.436 e. The summed E-state index contributed by atoms with van der Waals surface area (Å²) in [5.41, 5.74) is 6.39. The Hall–Kier alpha value is -2.44. The minimum Gasteiger partial charge on any atom is -0.436 e. The molecule has 80 valence electrons. The van der Waals surface area contributed by atoms with Crippen molar-refractivity contribution in [2.75, 3.05) is 5.73 Å². The van der Waals surface area contributed by atoms with E-state index in [1.165, 1.54) is 12.5 Å². The van der Waals surface area contributed by atoms with Gasteiger partial charge in [-0.25, -0.2) is 15.0 Å². The van der Waals surface area contributed by atoms with Crippen LogP contribution in [0.15, 0.2) is 21.4 Å². The van der Waals surface area contributed by atoms with Gasteiger partial charge in [-0.15, -0.1) is 0 Å². The molecule has 3 rings (SSSR count). The van der Waals surface area contributed by atoms with E-state index in [9.17, 15) is 0 Å². The second-order valence-electron chi connectivity index (χ2n) is 3.18. The number of nitrogens with zero attached hydrogens (tertiary/aromatic N) is 4. The van der Waals surface area contributed by atoms with Gasteiger partial charge in [-0.05, 0) is 0 Å². The molecule has 0 saturated heterocycles. The Kier molecular flexibility index (Phi) is 1.67. The molecule has 16 heavy (non-hydrogen) atoms. The molecule has 3 heterocycles. The average molecular weight is 217 g/mol. The van der Waals surface area contributed by atoms with Crippen LogP contribution in [0.4, 0.5) is 5.82 Å². The Morgan fingerprint density at radius 1 is 1.19 bits per heavy atom. The first-order valence-electron chi connectivity index (χ1n) is 4.54. The zero-order chi connectivity index (χ0) is 11.1. The molecule has 0 aliphatic heterocycles. The standard InChI is InChI=1S/C9H7N5O2/c1-4-11-2-5(15-4)8-14-6-7(10)12-3-13-9(6)16-8/h2-3H,1H3,(H2,10,12,13). The van der Waals surface area contributed by atoms with Crippen LogP contribution in [0.2, 0.25) is 0 Å². The number of aryl methyl sites for hydroxylation is 1. The van der Waals surface area contributed by atoms with Crippen molar-refractivity contribution in [2.24, 2.45) is 0 Å². The SMILES string of the molecule is Cc1ncc(-c2nc3c(N)ncnc3o2)o1. The van der Waals surface area contributed by atoms with Gasteiger partial charge in [0.15, 0.2) is 17.2 Å². The van der Waals surface area contributed by atoms with E-state index < -0.39 is 0 Å². The highest BCUT2D eigenvalue weighted by Gasteiger charge is 2.14. The second kappa shape index (κ2) is 3.02. The molecule has 0 aliphatic carbocycles. The molecule has 0 saturated carbocycles. The zero-order valence-electron chi connectivity index (χ0n) is 8.34. The first kappa shape index (κ1) is 8.84. The van der Waals surface area contributed by atoms with Gasteiger partial charge in [0.2, 0.25) is 5.76 Å². The van der Waals surface area contributed by atoms with Crippen LogP contribution in [0.25, 0.3) is 22.9 Å². The molecule has 2 N–H and O–H groups in total. The number of nitrogens with two attached hydrogens (primary N) is 1. The summed E-state index contributed by atoms with van der Waals surface area (Å²) in [6, 6.07) is 0. The van der Waals surface area contributed by atoms with Gasteiger partial charge in [-0.1, -0.05) is 0 Å². The molecule has 0 radical (unpaired) electrons. The monoisotopic (exact) mass is 217 g/mol. The Labute approximate surface area is 89.3 Å². The number of aromatic nitrogens is 4. The van der Waals surface area contributed by atoms with Gasteiger partial charge in [-0.3, -0.25) is 0 Å². The molecule has 0 aliphatic rings. The number of anilines is 1. The van der Waals surface area contributed by atoms with Crippen molar-refractivity contribution in [3.8, 4) is 11.7 Å². The minimum absolute atomic E-state index is 0.274. The summed E-state index contributed by atoms with van der Waals surface area (Å²) in [4.78, 5) is 15.8. The highest BCUT2D eigenvalue weighted by atomic mass is 16.4. The van der Waals surface area contributed by atoms with Gasteiger partial charge in [0.1, 0.15) is 6.33 Å². The van der Waals surface area contributed by atoms with Crippen molar-refractivity contribution in [3.05, 3.63) is 18.4 Å². The number of nitrogen functional groups attached to an aromatic ring is 1. The van der Waals surface area contributed by atoms with E-state index in [1.54, 1.807) is 6.92 Å². The molecule has 0 amide bonds. The van der Waals surface area contributed by atoms with E-state index >= 15 is 0 Å². The molecule has 3 aromatic heterocycles. The minimum atomic E-state index is 0.274. The molecule has 7 heteroatoms. The lowest BCUT2D eigenvalue weighted by Crippen LogP contribution is -1.91. The number of hydrogen-bond acceptors (Lipinski definition) is 7. The van der Waals surface area contributed by atoms with Crippen LogP contribution in [-0.4, -0.2) is 19.9 Å². The summed E-state index contributed by atoms with van der Waals surface area (Å²) in [5, 5.41) is 0. The fraction of sp³-hybridized carbons (Fsp3) is 0.111. The van der Waals surface area contributed by atoms with Crippen LogP contribution in [0.1, 0.15) is 5.89 Å². The van der Waals surface area contributed by atoms with E-state index in [1.807, 2.05) is 0 Å². The van der Waals surface area contributed by atoms with Gasteiger partial charge in [0.25, 0.3) is 11.6 Å². The highest BCUT2D eigenvalue weighted by Crippen LogP contribution is 2.25. The van der Waals surface area contributed by atoms with Gasteiger partial charge in [0.05, 0.1) is 6.20 Å². The number of rotatable bonds is 1. The predicted molar refractivity (Wildman–Crippen MR) is 54.2 cm³/mol. The van der Waals surface area contributed by atoms with Crippen molar-refractivity contribution in [1.82, 2.24) is 19.9 Å². The van der Waals surface area contributed by atoms with Gasteiger partial charge in [0, 0.05) is 6.92 Å². The van der Waals surface area contributed by atoms with E-state index in [4.69, 9.17) is 14.6 Å². The predicted octanol–water partition coefficient (Wildman–Crippen LogP) is 1.16. The Morgan fingerprint density at radius 2 is 2.06 bits per heavy atom. The molecular formula is C9H7N5O2. The molecule has 0 aromatic carbocycles. The third-order valence-corrected chi connectivity index (χ3v) is 2.06. The summed E-state index contributed by atoms with van der Waals surface area (Å²) in [6.07, 6.45) is 2.85. The smallest absolute Gasteiger partial charge is 0.267 e. The molecule has 0 unspecified atom stereocenters. The Morgan fingerprint density at radius 3 is 2.75 bits per heavy atom. The fourth-order valence-electron chi connectivity index (χ4n) is 1.34. The molecule has 0 bridgehead atoms. The van der Waals surface area contributed by atoms with Crippen molar-refractivity contribution in [1.29, 1.82) is 0 Å². The zero-order valence-corrected chi connectivity index (χ0v) is 8.34. The lowest BCUT2D eigenvalue weighted by molar-refractivity contribution is 0.503. The van der Waals surface area contributed by atoms with Crippen LogP contribution in [0, 0.1) is 6.92 Å². The quantitative estimate of drug-likeness (QED) is 0.652. The van der Waals surface area contributed by atoms with Crippen LogP contribution >= 0.6 is 0 Å². The summed E-state index contributed by atoms with van der Waals surface area (Å²) >= 11 is 0. The maximum atomic E-state index is 5.63. The summed E-state index contributed by atoms with van der Waals surface area (Å²) < 4.78 is 10.7. The molecule has 7 nitrogen and oxygen atoms in total. The molecule has 0 fully saturated rings. The van der Waals surface area contributed by atoms with Crippen LogP contribution in [-0.2, 0) is 0 Å². The molecule has 0 atom stereocenters. The van der Waals surface area contributed by atoms with Gasteiger partial charge >= 0.3 is 0 Å². The highest BCUT2D eigenvalue weighted by molar-refractivity contribution is 5.81. The van der Waals surface area contributed by atoms with Crippen molar-refractivity contribution in [2.45, 2.75) is 6.92 Å². The average Bonchev–Trinajstić information content (AvgIpc) is 2.84. The maximum Gasteiger partial charge on any atom is 0.267 e. The molecule has 0 spiro atoms. The summed E-state index contributed by atoms with van der Waals surface area (Å²) in [7, 11) is 0. The lowest BCUT2D eigenvalue weighted by atomic mass is 10.5. The first-order chi connectivity index (χ1) is 7.74. The number of oxazole rings is 2. The van der Waals surface area contributed by atoms with Gasteiger partial charge < -0.3 is 14.6 Å². The van der Waals surface area contributed by atoms with Crippen LogP contribution in [0.5, 0.6) is 0 Å². The summed E-state index contributed by atoms with van der Waals surface area (Å²) in [6.45, 7) is 1.74. The number of hydrogen-bond donors (Lipinski definition) is 1. The normalized spacial score (nSPS) is 11.1. The lowest BCUT2D eigenvalue weighted by Gasteiger charge is -1.87. The van der Waals surface area contributed by atoms with E-state index in [0.29, 0.717) is 28.8 Å². The van der Waals surface area contributed by atoms with Crippen LogP contribution in [0.3, 0.4) is 0 Å². The van der Waals surface area contributed by atoms with Crippen LogP contribution < -0.4 is 5.73 Å². The second-order valence-corrected chi connectivity index (χ2v) is 3.18. The van der Waals surface area contributed by atoms with E-state index in [-0.39, 0.29) is 5.82 Å². The number of fused-ring (bicyclic) bond motifs is 1. The van der Waals surface area contributed by atoms with Crippen molar-refractivity contribution < 1.29 is 8.83 Å². The fourth-order valence-corrected chi connectivity index (χ4v) is 1.34. The van der Waals surface area contributed by atoms with Gasteiger partial charge in [-0.2, -0.15) is 4.98 Å². The van der Waals surface area contributed by atoms with E-state index in [0.717, 1.165) is 0 Å². The maximum absolute atomic E-state index is 5.63. The molecular weight excluding hydrogens is 210 g/mol. The first-order valence-corrected chi connectivity index (χ1v) is 4.54. The topological polar surface area (TPSA) is 104 Å².